The van der Waals surface area contributed by atoms with Crippen LogP contribution >= 0.6 is 13.4 Å². The van der Waals surface area contributed by atoms with Gasteiger partial charge in [-0.15, -0.1) is 0 Å². The van der Waals surface area contributed by atoms with E-state index in [0.29, 0.717) is 22.4 Å². The number of aromatic amines is 1. The second kappa shape index (κ2) is 17.5. The molecule has 8 atom stereocenters. The van der Waals surface area contributed by atoms with Gasteiger partial charge in [-0.2, -0.15) is 4.98 Å². The summed E-state index contributed by atoms with van der Waals surface area (Å²) in [6.07, 6.45) is -0.605. The molecule has 60 heavy (non-hydrogen) atoms. The zero-order valence-corrected chi connectivity index (χ0v) is 35.3. The van der Waals surface area contributed by atoms with E-state index in [-0.39, 0.29) is 68.1 Å². The van der Waals surface area contributed by atoms with Crippen LogP contribution in [-0.2, 0) is 60.5 Å². The number of fused-ring (bicyclic) bond motifs is 5. The van der Waals surface area contributed by atoms with E-state index >= 15 is 0 Å². The van der Waals surface area contributed by atoms with Crippen molar-refractivity contribution < 1.29 is 46.6 Å². The minimum Gasteiger partial charge on any atom is -0.349 e. The molecule has 8 rings (SSSR count). The molecule has 21 nitrogen and oxygen atoms in total. The molecule has 0 radical (unpaired) electrons. The number of H-pyrrole nitrogens is 1. The summed E-state index contributed by atoms with van der Waals surface area (Å²) in [5.41, 5.74) is 0.311. The Kier molecular flexibility index (Phi) is 12.4. The third-order valence-corrected chi connectivity index (χ3v) is 13.7. The van der Waals surface area contributed by atoms with Crippen LogP contribution in [0.3, 0.4) is 0 Å². The SMILES string of the molecule is [C-]#[N+]CCOP1(=S)OC[C@@H]2C[C@@H](OP(O)(=S)OC[C@H]3O[C@@H](n4ccc5c(NC(=O)c6ccccc6)ncnc54)C[C@@H]3O1)[C@H](n1cnc3c(=O)[nH]c(NC(=O)C(C)C)nc31)O2. The average molecular weight is 901 g/mol. The predicted molar refractivity (Wildman–Crippen MR) is 220 cm³/mol. The molecule has 2 amide bonds. The standard InChI is InChI=1S/C35H38N10O11P2S2/c1-19(2)31(46)42-35-41-30-27(33(48)43-35)39-18-45(30)34-24-13-21(53-34)15-52-58(60,50-12-10-36-3)56-23-14-26(54-25(23)16-51-57(49,59)55-24)44-11-9-22-28(37-17-38-29(22)44)40-32(47)20-7-5-4-6-8-20/h4-9,11,17-19,21,23-26,34H,10,12-16H2,1-2H3,(H,49,59)(H,37,38,40,47)(H2,41,42,43,46,48)/t21-,23-,24+,25+,26+,34+,57?,58?/m0/s1. The molecule has 3 aliphatic heterocycles. The lowest BCUT2D eigenvalue weighted by Crippen LogP contribution is -2.30. The normalized spacial score (nSPS) is 28.4. The summed E-state index contributed by atoms with van der Waals surface area (Å²) in [6, 6.07) is 10.5. The molecule has 0 spiro atoms. The molecular formula is C35H38N10O11P2S2. The summed E-state index contributed by atoms with van der Waals surface area (Å²) in [4.78, 5) is 73.2. The van der Waals surface area contributed by atoms with E-state index in [9.17, 15) is 19.3 Å². The largest absolute Gasteiger partial charge is 0.349 e. The number of aromatic nitrogens is 7. The van der Waals surface area contributed by atoms with Gasteiger partial charge >= 0.3 is 13.4 Å². The second-order valence-electron chi connectivity index (χ2n) is 14.1. The maximum Gasteiger partial charge on any atom is 0.327 e. The quantitative estimate of drug-likeness (QED) is 0.0921. The first-order valence-electron chi connectivity index (χ1n) is 18.6. The Morgan fingerprint density at radius 1 is 1.02 bits per heavy atom. The number of imidazole rings is 1. The number of nitrogens with zero attached hydrogens (tertiary/aromatic N) is 7. The fourth-order valence-electron chi connectivity index (χ4n) is 6.81. The molecule has 0 saturated carbocycles. The van der Waals surface area contributed by atoms with Gasteiger partial charge in [0, 0.05) is 30.5 Å². The van der Waals surface area contributed by atoms with E-state index < -0.39 is 61.8 Å². The van der Waals surface area contributed by atoms with Gasteiger partial charge in [-0.3, -0.25) is 29.3 Å². The van der Waals surface area contributed by atoms with E-state index in [2.05, 4.69) is 40.4 Å². The number of hydrogen-bond donors (Lipinski definition) is 4. The minimum atomic E-state index is -4.07. The maximum atomic E-state index is 13.0. The topological polar surface area (TPSA) is 242 Å². The Labute approximate surface area is 351 Å². The summed E-state index contributed by atoms with van der Waals surface area (Å²) in [6.45, 7) is 2.36. The van der Waals surface area contributed by atoms with Crippen LogP contribution in [0.25, 0.3) is 27.0 Å². The van der Waals surface area contributed by atoms with Crippen molar-refractivity contribution in [3.63, 3.8) is 0 Å². The van der Waals surface area contributed by atoms with Gasteiger partial charge in [0.25, 0.3) is 11.5 Å². The molecule has 316 valence electrons. The Hall–Kier alpha value is -4.40. The lowest BCUT2D eigenvalue weighted by molar-refractivity contribution is -0.118. The minimum absolute atomic E-state index is 0.00945. The number of carbonyl (C=O) groups excluding carboxylic acids is 2. The first kappa shape index (κ1) is 42.3. The summed E-state index contributed by atoms with van der Waals surface area (Å²) >= 11 is 11.4. The molecule has 2 bridgehead atoms. The van der Waals surface area contributed by atoms with Crippen molar-refractivity contribution >= 4 is 82.8 Å². The second-order valence-corrected chi connectivity index (χ2v) is 19.9. The molecule has 25 heteroatoms. The third kappa shape index (κ3) is 9.11. The monoisotopic (exact) mass is 900 g/mol. The Bertz CT molecular complexity index is 2620. The molecule has 4 N–H and O–H groups in total. The van der Waals surface area contributed by atoms with Gasteiger partial charge in [-0.25, -0.2) is 21.5 Å². The highest BCUT2D eigenvalue weighted by Crippen LogP contribution is 2.56. The van der Waals surface area contributed by atoms with E-state index in [1.54, 1.807) is 54.9 Å². The lowest BCUT2D eigenvalue weighted by atomic mass is 10.2. The molecule has 7 heterocycles. The summed E-state index contributed by atoms with van der Waals surface area (Å²) in [5, 5.41) is 5.97. The van der Waals surface area contributed by atoms with E-state index in [4.69, 9.17) is 62.3 Å². The van der Waals surface area contributed by atoms with Crippen LogP contribution in [0.4, 0.5) is 11.8 Å². The van der Waals surface area contributed by atoms with Gasteiger partial charge < -0.3 is 51.7 Å². The molecule has 3 fully saturated rings. The fourth-order valence-corrected chi connectivity index (χ4v) is 10.4. The fraction of sp³-hybridized carbons (Fsp3) is 0.429. The van der Waals surface area contributed by atoms with Crippen molar-refractivity contribution in [1.82, 2.24) is 34.1 Å². The Morgan fingerprint density at radius 2 is 1.83 bits per heavy atom. The molecular weight excluding hydrogens is 863 g/mol. The van der Waals surface area contributed by atoms with Crippen LogP contribution in [0.15, 0.2) is 60.0 Å². The average Bonchev–Trinajstić information content (AvgIpc) is 4.02. The van der Waals surface area contributed by atoms with Gasteiger partial charge in [-0.1, -0.05) is 32.0 Å². The first-order chi connectivity index (χ1) is 28.8. The van der Waals surface area contributed by atoms with Gasteiger partial charge in [0.2, 0.25) is 18.4 Å². The van der Waals surface area contributed by atoms with Crippen LogP contribution < -0.4 is 16.2 Å². The van der Waals surface area contributed by atoms with Crippen molar-refractivity contribution in [1.29, 1.82) is 0 Å². The molecule has 0 aliphatic carbocycles. The van der Waals surface area contributed by atoms with Crippen LogP contribution in [0.5, 0.6) is 0 Å². The Balaban J connectivity index is 1.07. The Morgan fingerprint density at radius 3 is 2.62 bits per heavy atom. The van der Waals surface area contributed by atoms with Crippen LogP contribution in [0.2, 0.25) is 0 Å². The van der Waals surface area contributed by atoms with Gasteiger partial charge in [0.1, 0.15) is 42.8 Å². The van der Waals surface area contributed by atoms with Crippen molar-refractivity contribution in [3.8, 4) is 0 Å². The maximum absolute atomic E-state index is 13.0. The first-order valence-corrected chi connectivity index (χ1v) is 23.8. The number of ether oxygens (including phenoxy) is 2. The molecule has 4 aromatic heterocycles. The molecule has 5 aromatic rings. The zero-order chi connectivity index (χ0) is 42.2. The molecule has 1 aromatic carbocycles. The van der Waals surface area contributed by atoms with E-state index in [1.807, 2.05) is 6.07 Å². The van der Waals surface area contributed by atoms with Crippen LogP contribution in [0.1, 0.15) is 49.5 Å². The van der Waals surface area contributed by atoms with Crippen molar-refractivity contribution in [2.24, 2.45) is 5.92 Å². The third-order valence-electron chi connectivity index (χ3n) is 9.69. The van der Waals surface area contributed by atoms with Crippen LogP contribution in [-0.4, -0.2) is 102 Å². The zero-order valence-electron chi connectivity index (χ0n) is 31.9. The number of anilines is 2. The lowest BCUT2D eigenvalue weighted by Gasteiger charge is -2.29. The number of nitrogens with one attached hydrogen (secondary N) is 3. The highest BCUT2D eigenvalue weighted by atomic mass is 32.5. The van der Waals surface area contributed by atoms with Crippen LogP contribution in [0, 0.1) is 12.5 Å². The van der Waals surface area contributed by atoms with Crippen molar-refractivity contribution in [3.05, 3.63) is 82.6 Å². The van der Waals surface area contributed by atoms with Crippen molar-refractivity contribution in [2.75, 3.05) is 37.0 Å². The highest BCUT2D eigenvalue weighted by Gasteiger charge is 2.46. The smallest absolute Gasteiger partial charge is 0.327 e. The number of benzene rings is 1. The number of amides is 2. The molecule has 2 unspecified atom stereocenters. The van der Waals surface area contributed by atoms with E-state index in [0.717, 1.165) is 0 Å². The van der Waals surface area contributed by atoms with Gasteiger partial charge in [0.15, 0.2) is 17.4 Å². The van der Waals surface area contributed by atoms with Gasteiger partial charge in [-0.05, 0) is 41.8 Å². The highest BCUT2D eigenvalue weighted by molar-refractivity contribution is 8.07. The molecule has 3 aliphatic rings. The number of hydrogen-bond acceptors (Lipinski definition) is 16. The molecule has 3 saturated heterocycles. The number of carbonyl (C=O) groups is 2. The van der Waals surface area contributed by atoms with Crippen molar-refractivity contribution in [2.45, 2.75) is 63.6 Å². The summed E-state index contributed by atoms with van der Waals surface area (Å²) in [5.74, 6) is -0.917. The number of rotatable bonds is 9. The van der Waals surface area contributed by atoms with E-state index in [1.165, 1.54) is 17.2 Å². The summed E-state index contributed by atoms with van der Waals surface area (Å²) in [7, 11) is 0. The predicted octanol–water partition coefficient (Wildman–Crippen LogP) is 4.18. The summed E-state index contributed by atoms with van der Waals surface area (Å²) < 4.78 is 46.7. The van der Waals surface area contributed by atoms with Gasteiger partial charge in [0.05, 0.1) is 37.1 Å².